The number of hydrogen-bond donors (Lipinski definition) is 1. The minimum Gasteiger partial charge on any atom is -0.481 e. The molecule has 0 aliphatic rings. The van der Waals surface area contributed by atoms with E-state index < -0.39 is 6.10 Å². The summed E-state index contributed by atoms with van der Waals surface area (Å²) in [6.07, 6.45) is -0.645. The number of aryl methyl sites for hydroxylation is 2. The van der Waals surface area contributed by atoms with E-state index in [0.717, 1.165) is 20.1 Å². The van der Waals surface area contributed by atoms with Crippen LogP contribution in [0.1, 0.15) is 23.9 Å². The Kier molecular flexibility index (Phi) is 6.31. The van der Waals surface area contributed by atoms with Gasteiger partial charge in [0.05, 0.1) is 15.9 Å². The van der Waals surface area contributed by atoms with Crippen molar-refractivity contribution in [2.75, 3.05) is 5.32 Å². The van der Waals surface area contributed by atoms with E-state index in [4.69, 9.17) is 9.26 Å². The normalized spacial score (nSPS) is 12.2. The van der Waals surface area contributed by atoms with Gasteiger partial charge in [-0.2, -0.15) is 0 Å². The van der Waals surface area contributed by atoms with E-state index in [2.05, 4.69) is 15.3 Å². The number of nitrogens with one attached hydrogen (secondary N) is 1. The summed E-state index contributed by atoms with van der Waals surface area (Å²) in [6, 6.07) is 16.4. The van der Waals surface area contributed by atoms with Crippen LogP contribution in [0.2, 0.25) is 0 Å². The van der Waals surface area contributed by atoms with Gasteiger partial charge in [0.2, 0.25) is 0 Å². The lowest BCUT2D eigenvalue weighted by atomic mass is 10.2. The Hall–Kier alpha value is -3.63. The summed E-state index contributed by atoms with van der Waals surface area (Å²) >= 11 is 3.03. The number of thiazole rings is 1. The van der Waals surface area contributed by atoms with Gasteiger partial charge in [-0.25, -0.2) is 9.97 Å². The third-order valence-electron chi connectivity index (χ3n) is 5.18. The number of carbonyl (C=O) groups is 1. The Balaban J connectivity index is 1.25. The molecule has 1 atom stereocenters. The van der Waals surface area contributed by atoms with Crippen LogP contribution in [-0.4, -0.2) is 26.6 Å². The summed E-state index contributed by atoms with van der Waals surface area (Å²) in [5, 5.41) is 2.91. The Bertz CT molecular complexity index is 1600. The highest BCUT2D eigenvalue weighted by Crippen LogP contribution is 2.32. The topological polar surface area (TPSA) is 98.7 Å². The Labute approximate surface area is 208 Å². The van der Waals surface area contributed by atoms with E-state index in [1.54, 1.807) is 19.9 Å². The van der Waals surface area contributed by atoms with Gasteiger partial charge in [0.15, 0.2) is 16.1 Å². The molecule has 3 heterocycles. The van der Waals surface area contributed by atoms with Gasteiger partial charge in [0.25, 0.3) is 11.5 Å². The van der Waals surface area contributed by atoms with Crippen molar-refractivity contribution >= 4 is 50.6 Å². The van der Waals surface area contributed by atoms with Crippen LogP contribution < -0.4 is 15.6 Å². The number of rotatable bonds is 7. The van der Waals surface area contributed by atoms with Gasteiger partial charge < -0.3 is 14.6 Å². The molecule has 0 saturated heterocycles. The van der Waals surface area contributed by atoms with Crippen molar-refractivity contribution in [3.63, 3.8) is 0 Å². The van der Waals surface area contributed by atoms with Crippen LogP contribution in [0.25, 0.3) is 15.9 Å². The van der Waals surface area contributed by atoms with Gasteiger partial charge in [0, 0.05) is 23.6 Å². The molecule has 35 heavy (non-hydrogen) atoms. The molecular formula is C25H22N4O4S2. The molecule has 1 amide bonds. The van der Waals surface area contributed by atoms with Crippen molar-refractivity contribution < 1.29 is 14.1 Å². The van der Waals surface area contributed by atoms with Gasteiger partial charge in [-0.15, -0.1) is 15.9 Å². The second-order valence-electron chi connectivity index (χ2n) is 8.10. The monoisotopic (exact) mass is 506 g/mol. The molecule has 2 aromatic carbocycles. The molecule has 178 valence electrons. The Morgan fingerprint density at radius 1 is 1.17 bits per heavy atom. The molecule has 0 radical (unpaired) electrons. The first kappa shape index (κ1) is 23.1. The third-order valence-corrected chi connectivity index (χ3v) is 7.37. The number of carbonyl (C=O) groups excluding carboxylic acids is 1. The molecule has 0 fully saturated rings. The first-order chi connectivity index (χ1) is 16.8. The molecule has 8 nitrogen and oxygen atoms in total. The average molecular weight is 507 g/mol. The summed E-state index contributed by atoms with van der Waals surface area (Å²) in [7, 11) is 0. The fraction of sp³-hybridized carbons (Fsp3) is 0.200. The highest BCUT2D eigenvalue weighted by Gasteiger charge is 2.16. The fourth-order valence-corrected chi connectivity index (χ4v) is 5.52. The lowest BCUT2D eigenvalue weighted by molar-refractivity contribution is -0.122. The van der Waals surface area contributed by atoms with Crippen LogP contribution in [0.15, 0.2) is 68.3 Å². The maximum Gasteiger partial charge on any atom is 0.287 e. The quantitative estimate of drug-likeness (QED) is 0.303. The molecule has 0 spiro atoms. The molecule has 0 bridgehead atoms. The SMILES string of the molecule is Cc1cccc(O[C@H](C)C(=O)Nc2ccc3nc(SCc4cc(=O)n5oc(C)cc5n4)sc3c2)c1. The predicted octanol–water partition coefficient (Wildman–Crippen LogP) is 5.21. The zero-order chi connectivity index (χ0) is 24.5. The van der Waals surface area contributed by atoms with Crippen molar-refractivity contribution in [3.05, 3.63) is 82.0 Å². The number of anilines is 1. The highest BCUT2D eigenvalue weighted by molar-refractivity contribution is 8.00. The summed E-state index contributed by atoms with van der Waals surface area (Å²) < 4.78 is 14.1. The van der Waals surface area contributed by atoms with Crippen LogP contribution in [0.5, 0.6) is 5.75 Å². The number of thioether (sulfide) groups is 1. The number of fused-ring (bicyclic) bond motifs is 2. The van der Waals surface area contributed by atoms with Gasteiger partial charge in [0.1, 0.15) is 11.5 Å². The largest absolute Gasteiger partial charge is 0.481 e. The van der Waals surface area contributed by atoms with Crippen molar-refractivity contribution in [3.8, 4) is 5.75 Å². The molecule has 0 aliphatic heterocycles. The highest BCUT2D eigenvalue weighted by atomic mass is 32.2. The maximum absolute atomic E-state index is 12.6. The summed E-state index contributed by atoms with van der Waals surface area (Å²) in [6.45, 7) is 5.47. The van der Waals surface area contributed by atoms with Crippen molar-refractivity contribution in [1.82, 2.24) is 14.5 Å². The number of benzene rings is 2. The molecule has 5 aromatic rings. The summed E-state index contributed by atoms with van der Waals surface area (Å²) in [5.41, 5.74) is 3.50. The minimum absolute atomic E-state index is 0.229. The Morgan fingerprint density at radius 2 is 2.03 bits per heavy atom. The van der Waals surface area contributed by atoms with Gasteiger partial charge in [-0.3, -0.25) is 9.59 Å². The smallest absolute Gasteiger partial charge is 0.287 e. The second-order valence-corrected chi connectivity index (χ2v) is 10.4. The molecule has 0 unspecified atom stereocenters. The Morgan fingerprint density at radius 3 is 2.86 bits per heavy atom. The molecular weight excluding hydrogens is 484 g/mol. The third kappa shape index (κ3) is 5.23. The molecule has 1 N–H and O–H groups in total. The van der Waals surface area contributed by atoms with Gasteiger partial charge >= 0.3 is 0 Å². The molecule has 5 rings (SSSR count). The predicted molar refractivity (Wildman–Crippen MR) is 138 cm³/mol. The van der Waals surface area contributed by atoms with Crippen molar-refractivity contribution in [2.45, 2.75) is 37.0 Å². The number of nitrogens with zero attached hydrogens (tertiary/aromatic N) is 3. The van der Waals surface area contributed by atoms with Crippen LogP contribution >= 0.6 is 23.1 Å². The summed E-state index contributed by atoms with van der Waals surface area (Å²) in [4.78, 5) is 34.0. The zero-order valence-corrected chi connectivity index (χ0v) is 20.9. The van der Waals surface area contributed by atoms with E-state index in [1.165, 1.54) is 33.7 Å². The lowest BCUT2D eigenvalue weighted by Crippen LogP contribution is -2.30. The standard InChI is InChI=1S/C25H22N4O4S2/c1-14-5-4-6-19(9-14)32-16(3)24(31)27-17-7-8-20-21(11-17)35-25(28-20)34-13-18-12-23(30)29-22(26-18)10-15(2)33-29/h4-12,16H,13H2,1-3H3,(H,27,31)/t16-/m1/s1. The number of hydrogen-bond acceptors (Lipinski definition) is 8. The second kappa shape index (κ2) is 9.55. The van der Waals surface area contributed by atoms with Gasteiger partial charge in [-0.1, -0.05) is 23.9 Å². The van der Waals surface area contributed by atoms with E-state index in [1.807, 2.05) is 49.4 Å². The lowest BCUT2D eigenvalue weighted by Gasteiger charge is -2.15. The number of aromatic nitrogens is 3. The molecule has 10 heteroatoms. The molecule has 3 aromatic heterocycles. The zero-order valence-electron chi connectivity index (χ0n) is 19.3. The van der Waals surface area contributed by atoms with E-state index in [9.17, 15) is 9.59 Å². The van der Waals surface area contributed by atoms with Crippen molar-refractivity contribution in [2.24, 2.45) is 0 Å². The van der Waals surface area contributed by atoms with E-state index >= 15 is 0 Å². The minimum atomic E-state index is -0.645. The van der Waals surface area contributed by atoms with E-state index in [-0.39, 0.29) is 11.5 Å². The van der Waals surface area contributed by atoms with E-state index in [0.29, 0.717) is 34.3 Å². The van der Waals surface area contributed by atoms with Crippen LogP contribution in [0.3, 0.4) is 0 Å². The van der Waals surface area contributed by atoms with Crippen LogP contribution in [-0.2, 0) is 10.5 Å². The van der Waals surface area contributed by atoms with Crippen LogP contribution in [0, 0.1) is 13.8 Å². The number of ether oxygens (including phenoxy) is 1. The summed E-state index contributed by atoms with van der Waals surface area (Å²) in [5.74, 6) is 1.57. The maximum atomic E-state index is 12.6. The van der Waals surface area contributed by atoms with Gasteiger partial charge in [-0.05, 0) is 56.7 Å². The number of amides is 1. The first-order valence-corrected chi connectivity index (χ1v) is 12.7. The average Bonchev–Trinajstić information content (AvgIpc) is 3.40. The molecule has 0 saturated carbocycles. The van der Waals surface area contributed by atoms with Crippen LogP contribution in [0.4, 0.5) is 5.69 Å². The fourth-order valence-electron chi connectivity index (χ4n) is 3.52. The first-order valence-electron chi connectivity index (χ1n) is 10.9. The van der Waals surface area contributed by atoms with Crippen molar-refractivity contribution in [1.29, 1.82) is 0 Å². The molecule has 0 aliphatic carbocycles.